The minimum absolute atomic E-state index is 0.813. The fourth-order valence-corrected chi connectivity index (χ4v) is 3.28. The van der Waals surface area contributed by atoms with Gasteiger partial charge in [-0.15, -0.1) is 22.7 Å². The van der Waals surface area contributed by atoms with Gasteiger partial charge in [0.05, 0.1) is 17.2 Å². The third kappa shape index (κ3) is 4.61. The van der Waals surface area contributed by atoms with Crippen LogP contribution in [0, 0.1) is 13.8 Å². The molecule has 0 fully saturated rings. The number of thiazole rings is 1. The van der Waals surface area contributed by atoms with Crippen LogP contribution >= 0.6 is 22.7 Å². The van der Waals surface area contributed by atoms with Gasteiger partial charge in [-0.05, 0) is 26.0 Å². The van der Waals surface area contributed by atoms with E-state index < -0.39 is 0 Å². The normalized spacial score (nSPS) is 11.7. The van der Waals surface area contributed by atoms with E-state index in [4.69, 9.17) is 0 Å². The number of aromatic nitrogens is 1. The molecule has 6 heteroatoms. The first-order chi connectivity index (χ1) is 9.67. The van der Waals surface area contributed by atoms with Gasteiger partial charge < -0.3 is 10.6 Å². The number of hydrogen-bond donors (Lipinski definition) is 2. The molecule has 0 spiro atoms. The molecule has 2 heterocycles. The Morgan fingerprint density at radius 1 is 1.30 bits per heavy atom. The fraction of sp³-hybridized carbons (Fsp3) is 0.429. The third-order valence-corrected chi connectivity index (χ3v) is 4.61. The quantitative estimate of drug-likeness (QED) is 0.659. The molecule has 0 aliphatic heterocycles. The van der Waals surface area contributed by atoms with Crippen molar-refractivity contribution in [1.82, 2.24) is 15.6 Å². The Morgan fingerprint density at radius 3 is 2.75 bits per heavy atom. The molecule has 2 aromatic rings. The number of nitrogens with zero attached hydrogens (tertiary/aromatic N) is 2. The molecular formula is C14H20N4S2. The van der Waals surface area contributed by atoms with Crippen LogP contribution in [0.15, 0.2) is 22.5 Å². The molecule has 108 valence electrons. The van der Waals surface area contributed by atoms with Crippen molar-refractivity contribution in [3.05, 3.63) is 38.0 Å². The number of aliphatic imine (C=N–C) groups is 1. The first-order valence-corrected chi connectivity index (χ1v) is 8.28. The summed E-state index contributed by atoms with van der Waals surface area (Å²) < 4.78 is 0. The maximum Gasteiger partial charge on any atom is 0.191 e. The predicted molar refractivity (Wildman–Crippen MR) is 87.8 cm³/mol. The van der Waals surface area contributed by atoms with Crippen LogP contribution in [0.5, 0.6) is 0 Å². The molecule has 0 aliphatic carbocycles. The Balaban J connectivity index is 1.72. The Kier molecular flexibility index (Phi) is 5.55. The molecule has 0 saturated carbocycles. The number of nitrogens with one attached hydrogen (secondary N) is 2. The summed E-state index contributed by atoms with van der Waals surface area (Å²) >= 11 is 3.51. The van der Waals surface area contributed by atoms with Crippen molar-refractivity contribution in [2.75, 3.05) is 13.6 Å². The Bertz CT molecular complexity index is 571. The predicted octanol–water partition coefficient (Wildman–Crippen LogP) is 2.73. The van der Waals surface area contributed by atoms with Crippen molar-refractivity contribution in [3.63, 3.8) is 0 Å². The molecule has 0 radical (unpaired) electrons. The lowest BCUT2D eigenvalue weighted by atomic mass is 10.3. The maximum atomic E-state index is 4.45. The second kappa shape index (κ2) is 7.40. The van der Waals surface area contributed by atoms with E-state index in [0.717, 1.165) is 36.2 Å². The first-order valence-electron chi connectivity index (χ1n) is 6.58. The van der Waals surface area contributed by atoms with Gasteiger partial charge in [-0.2, -0.15) is 0 Å². The topological polar surface area (TPSA) is 49.3 Å². The smallest absolute Gasteiger partial charge is 0.191 e. The Hall–Kier alpha value is -1.40. The summed E-state index contributed by atoms with van der Waals surface area (Å²) in [6.45, 7) is 5.81. The lowest BCUT2D eigenvalue weighted by Gasteiger charge is -2.10. The average molecular weight is 308 g/mol. The molecule has 0 aromatic carbocycles. The van der Waals surface area contributed by atoms with Crippen molar-refractivity contribution in [2.45, 2.75) is 26.8 Å². The van der Waals surface area contributed by atoms with Crippen molar-refractivity contribution in [1.29, 1.82) is 0 Å². The van der Waals surface area contributed by atoms with Gasteiger partial charge in [-0.1, -0.05) is 0 Å². The highest BCUT2D eigenvalue weighted by molar-refractivity contribution is 7.11. The van der Waals surface area contributed by atoms with Gasteiger partial charge in [-0.3, -0.25) is 4.99 Å². The van der Waals surface area contributed by atoms with Crippen LogP contribution < -0.4 is 10.6 Å². The van der Waals surface area contributed by atoms with E-state index in [1.807, 2.05) is 18.3 Å². The molecule has 4 nitrogen and oxygen atoms in total. The summed E-state index contributed by atoms with van der Waals surface area (Å²) in [6, 6.07) is 4.29. The summed E-state index contributed by atoms with van der Waals surface area (Å²) in [5.41, 5.74) is 1.14. The molecule has 0 saturated heterocycles. The van der Waals surface area contributed by atoms with E-state index in [-0.39, 0.29) is 0 Å². The number of thiophene rings is 1. The van der Waals surface area contributed by atoms with Gasteiger partial charge in [0.15, 0.2) is 5.96 Å². The van der Waals surface area contributed by atoms with E-state index in [1.54, 1.807) is 18.4 Å². The standard InChI is InChI=1S/C14H20N4S2/c1-10-4-5-13(20-10)8-17-14(15-3)16-7-6-12-9-19-11(2)18-12/h4-5,9H,6-8H2,1-3H3,(H2,15,16,17). The van der Waals surface area contributed by atoms with E-state index in [1.165, 1.54) is 9.75 Å². The van der Waals surface area contributed by atoms with E-state index in [2.05, 4.69) is 45.0 Å². The van der Waals surface area contributed by atoms with Crippen LogP contribution in [0.1, 0.15) is 20.5 Å². The molecule has 0 aliphatic rings. The molecule has 0 amide bonds. The molecule has 0 bridgehead atoms. The minimum atomic E-state index is 0.813. The molecule has 0 unspecified atom stereocenters. The number of rotatable bonds is 5. The maximum absolute atomic E-state index is 4.45. The lowest BCUT2D eigenvalue weighted by molar-refractivity contribution is 0.790. The SMILES string of the molecule is CN=C(NCCc1csc(C)n1)NCc1ccc(C)s1. The van der Waals surface area contributed by atoms with Crippen LogP contribution in [-0.2, 0) is 13.0 Å². The van der Waals surface area contributed by atoms with Gasteiger partial charge in [0.25, 0.3) is 0 Å². The van der Waals surface area contributed by atoms with Crippen molar-refractivity contribution < 1.29 is 0 Å². The second-order valence-electron chi connectivity index (χ2n) is 4.47. The summed E-state index contributed by atoms with van der Waals surface area (Å²) in [5, 5.41) is 9.87. The zero-order valence-electron chi connectivity index (χ0n) is 12.1. The zero-order chi connectivity index (χ0) is 14.4. The van der Waals surface area contributed by atoms with Crippen LogP contribution in [0.3, 0.4) is 0 Å². The largest absolute Gasteiger partial charge is 0.356 e. The van der Waals surface area contributed by atoms with E-state index in [9.17, 15) is 0 Å². The molecule has 2 aromatic heterocycles. The van der Waals surface area contributed by atoms with E-state index in [0.29, 0.717) is 0 Å². The summed E-state index contributed by atoms with van der Waals surface area (Å²) in [4.78, 5) is 11.3. The second-order valence-corrected chi connectivity index (χ2v) is 6.91. The third-order valence-electron chi connectivity index (χ3n) is 2.79. The monoisotopic (exact) mass is 308 g/mol. The van der Waals surface area contributed by atoms with Crippen molar-refractivity contribution in [2.24, 2.45) is 4.99 Å². The highest BCUT2D eigenvalue weighted by Gasteiger charge is 2.02. The minimum Gasteiger partial charge on any atom is -0.356 e. The number of guanidine groups is 1. The lowest BCUT2D eigenvalue weighted by Crippen LogP contribution is -2.37. The molecule has 2 rings (SSSR count). The Labute approximate surface area is 128 Å². The first kappa shape index (κ1) is 15.0. The van der Waals surface area contributed by atoms with Gasteiger partial charge in [0.2, 0.25) is 0 Å². The highest BCUT2D eigenvalue weighted by atomic mass is 32.1. The van der Waals surface area contributed by atoms with Crippen LogP contribution in [0.2, 0.25) is 0 Å². The van der Waals surface area contributed by atoms with Gasteiger partial charge in [0.1, 0.15) is 0 Å². The van der Waals surface area contributed by atoms with Gasteiger partial charge in [0, 0.05) is 35.1 Å². The zero-order valence-corrected chi connectivity index (χ0v) is 13.7. The van der Waals surface area contributed by atoms with Gasteiger partial charge in [-0.25, -0.2) is 4.98 Å². The summed E-state index contributed by atoms with van der Waals surface area (Å²) in [6.07, 6.45) is 0.920. The average Bonchev–Trinajstić information content (AvgIpc) is 3.02. The molecule has 2 N–H and O–H groups in total. The summed E-state index contributed by atoms with van der Waals surface area (Å²) in [7, 11) is 1.79. The number of hydrogen-bond acceptors (Lipinski definition) is 4. The molecular weight excluding hydrogens is 288 g/mol. The number of aryl methyl sites for hydroxylation is 2. The van der Waals surface area contributed by atoms with Crippen LogP contribution in [0.4, 0.5) is 0 Å². The summed E-state index contributed by atoms with van der Waals surface area (Å²) in [5.74, 6) is 0.836. The van der Waals surface area contributed by atoms with E-state index >= 15 is 0 Å². The fourth-order valence-electron chi connectivity index (χ4n) is 1.80. The van der Waals surface area contributed by atoms with Crippen molar-refractivity contribution >= 4 is 28.6 Å². The van der Waals surface area contributed by atoms with Crippen molar-refractivity contribution in [3.8, 4) is 0 Å². The molecule has 20 heavy (non-hydrogen) atoms. The Morgan fingerprint density at radius 2 is 2.15 bits per heavy atom. The van der Waals surface area contributed by atoms with Gasteiger partial charge >= 0.3 is 0 Å². The molecule has 0 atom stereocenters. The van der Waals surface area contributed by atoms with Crippen LogP contribution in [0.25, 0.3) is 0 Å². The van der Waals surface area contributed by atoms with Crippen LogP contribution in [-0.4, -0.2) is 24.5 Å². The highest BCUT2D eigenvalue weighted by Crippen LogP contribution is 2.14.